The Labute approximate surface area is 181 Å². The Hall–Kier alpha value is -3.79. The molecule has 0 radical (unpaired) electrons. The monoisotopic (exact) mass is 422 g/mol. The van der Waals surface area contributed by atoms with Gasteiger partial charge in [0.25, 0.3) is 0 Å². The van der Waals surface area contributed by atoms with Gasteiger partial charge in [-0.05, 0) is 43.7 Å². The third-order valence-electron chi connectivity index (χ3n) is 4.59. The third kappa shape index (κ3) is 5.43. The second-order valence-electron chi connectivity index (χ2n) is 6.78. The van der Waals surface area contributed by atoms with Crippen LogP contribution in [0.1, 0.15) is 31.2 Å². The summed E-state index contributed by atoms with van der Waals surface area (Å²) in [6.45, 7) is 4.77. The standard InChI is InChI=1S/C24H26N2O5/c1-5-12-30-22-13-17(10-11-19(22)28-4)15-25-24(27)26-16(3)21-14-18-8-7-9-20(29-6-2)23(18)31-21/h1,7-11,13-14,16H,6,12,15H2,2-4H3,(H2,25,26,27). The van der Waals surface area contributed by atoms with Gasteiger partial charge in [0.05, 0.1) is 19.8 Å². The smallest absolute Gasteiger partial charge is 0.315 e. The normalized spacial score (nSPS) is 11.4. The van der Waals surface area contributed by atoms with Crippen molar-refractivity contribution in [1.82, 2.24) is 10.6 Å². The molecule has 0 aliphatic carbocycles. The molecule has 0 fully saturated rings. The highest BCUT2D eigenvalue weighted by Gasteiger charge is 2.16. The van der Waals surface area contributed by atoms with Crippen molar-refractivity contribution < 1.29 is 23.4 Å². The first-order valence-corrected chi connectivity index (χ1v) is 9.98. The first-order chi connectivity index (χ1) is 15.0. The first kappa shape index (κ1) is 21.9. The number of hydrogen-bond acceptors (Lipinski definition) is 5. The molecule has 2 amide bonds. The van der Waals surface area contributed by atoms with Crippen LogP contribution in [0, 0.1) is 12.3 Å². The van der Waals surface area contributed by atoms with Crippen LogP contribution in [0.5, 0.6) is 17.2 Å². The van der Waals surface area contributed by atoms with Crippen molar-refractivity contribution in [3.8, 4) is 29.6 Å². The molecule has 162 valence electrons. The summed E-state index contributed by atoms with van der Waals surface area (Å²) in [4.78, 5) is 12.4. The number of carbonyl (C=O) groups is 1. The Kier molecular flexibility index (Phi) is 7.28. The summed E-state index contributed by atoms with van der Waals surface area (Å²) in [7, 11) is 1.56. The molecule has 1 unspecified atom stereocenters. The highest BCUT2D eigenvalue weighted by Crippen LogP contribution is 2.31. The van der Waals surface area contributed by atoms with E-state index in [0.717, 1.165) is 10.9 Å². The molecule has 0 aliphatic heterocycles. The molecule has 7 heteroatoms. The van der Waals surface area contributed by atoms with E-state index in [0.29, 0.717) is 41.7 Å². The Morgan fingerprint density at radius 2 is 2.00 bits per heavy atom. The largest absolute Gasteiger partial charge is 0.493 e. The minimum Gasteiger partial charge on any atom is -0.493 e. The van der Waals surface area contributed by atoms with Gasteiger partial charge in [-0.1, -0.05) is 24.1 Å². The highest BCUT2D eigenvalue weighted by molar-refractivity contribution is 5.84. The van der Waals surface area contributed by atoms with Crippen LogP contribution < -0.4 is 24.8 Å². The SMILES string of the molecule is C#CCOc1cc(CNC(=O)NC(C)c2cc3cccc(OCC)c3o2)ccc1OC. The van der Waals surface area contributed by atoms with Crippen molar-refractivity contribution >= 4 is 17.0 Å². The molecule has 7 nitrogen and oxygen atoms in total. The van der Waals surface area contributed by atoms with Crippen LogP contribution in [-0.4, -0.2) is 26.4 Å². The van der Waals surface area contributed by atoms with Gasteiger partial charge >= 0.3 is 6.03 Å². The van der Waals surface area contributed by atoms with Gasteiger partial charge in [-0.25, -0.2) is 4.79 Å². The quantitative estimate of drug-likeness (QED) is 0.499. The van der Waals surface area contributed by atoms with E-state index in [9.17, 15) is 4.79 Å². The molecule has 0 saturated carbocycles. The van der Waals surface area contributed by atoms with Crippen molar-refractivity contribution in [2.24, 2.45) is 0 Å². The summed E-state index contributed by atoms with van der Waals surface area (Å²) in [6.07, 6.45) is 5.25. The lowest BCUT2D eigenvalue weighted by Crippen LogP contribution is -2.36. The molecular weight excluding hydrogens is 396 g/mol. The molecule has 3 rings (SSSR count). The van der Waals surface area contributed by atoms with E-state index in [2.05, 4.69) is 16.6 Å². The Balaban J connectivity index is 1.61. The van der Waals surface area contributed by atoms with Gasteiger partial charge in [0.15, 0.2) is 22.8 Å². The van der Waals surface area contributed by atoms with Crippen molar-refractivity contribution in [2.75, 3.05) is 20.3 Å². The maximum absolute atomic E-state index is 12.4. The number of benzene rings is 2. The second kappa shape index (κ2) is 10.3. The lowest BCUT2D eigenvalue weighted by molar-refractivity contribution is 0.236. The molecular formula is C24H26N2O5. The lowest BCUT2D eigenvalue weighted by atomic mass is 10.2. The highest BCUT2D eigenvalue weighted by atomic mass is 16.5. The molecule has 1 atom stereocenters. The number of para-hydroxylation sites is 1. The molecule has 0 saturated heterocycles. The summed E-state index contributed by atoms with van der Waals surface area (Å²) in [5.41, 5.74) is 1.52. The number of nitrogens with one attached hydrogen (secondary N) is 2. The number of amides is 2. The van der Waals surface area contributed by atoms with Crippen LogP contribution in [0.4, 0.5) is 4.79 Å². The number of carbonyl (C=O) groups excluding carboxylic acids is 1. The number of urea groups is 1. The molecule has 31 heavy (non-hydrogen) atoms. The Morgan fingerprint density at radius 3 is 2.74 bits per heavy atom. The summed E-state index contributed by atoms with van der Waals surface area (Å²) in [5.74, 6) is 4.86. The van der Waals surface area contributed by atoms with Gasteiger partial charge in [0.2, 0.25) is 0 Å². The predicted octanol–water partition coefficient (Wildman–Crippen LogP) is 4.41. The average molecular weight is 422 g/mol. The maximum Gasteiger partial charge on any atom is 0.315 e. The fraction of sp³-hybridized carbons (Fsp3) is 0.292. The molecule has 0 aliphatic rings. The molecule has 2 aromatic carbocycles. The molecule has 0 spiro atoms. The summed E-state index contributed by atoms with van der Waals surface area (Å²) < 4.78 is 22.3. The summed E-state index contributed by atoms with van der Waals surface area (Å²) in [5, 5.41) is 6.64. The molecule has 3 aromatic rings. The van der Waals surface area contributed by atoms with Gasteiger partial charge in [0, 0.05) is 11.9 Å². The van der Waals surface area contributed by atoms with Gasteiger partial charge < -0.3 is 29.3 Å². The van der Waals surface area contributed by atoms with E-state index in [1.165, 1.54) is 0 Å². The minimum absolute atomic E-state index is 0.133. The van der Waals surface area contributed by atoms with Crippen LogP contribution >= 0.6 is 0 Å². The Bertz CT molecular complexity index is 1080. The number of ether oxygens (including phenoxy) is 3. The van der Waals surface area contributed by atoms with Crippen LogP contribution in [0.25, 0.3) is 11.0 Å². The lowest BCUT2D eigenvalue weighted by Gasteiger charge is -2.14. The zero-order chi connectivity index (χ0) is 22.2. The van der Waals surface area contributed by atoms with E-state index >= 15 is 0 Å². The molecule has 0 bridgehead atoms. The predicted molar refractivity (Wildman–Crippen MR) is 118 cm³/mol. The zero-order valence-electron chi connectivity index (χ0n) is 17.9. The number of furan rings is 1. The molecule has 2 N–H and O–H groups in total. The Morgan fingerprint density at radius 1 is 1.16 bits per heavy atom. The maximum atomic E-state index is 12.4. The van der Waals surface area contributed by atoms with Crippen LogP contribution in [0.2, 0.25) is 0 Å². The average Bonchev–Trinajstić information content (AvgIpc) is 3.22. The van der Waals surface area contributed by atoms with Crippen molar-refractivity contribution in [2.45, 2.75) is 26.4 Å². The van der Waals surface area contributed by atoms with E-state index in [1.807, 2.05) is 44.2 Å². The van der Waals surface area contributed by atoms with E-state index in [4.69, 9.17) is 25.1 Å². The first-order valence-electron chi connectivity index (χ1n) is 9.98. The van der Waals surface area contributed by atoms with Gasteiger partial charge in [0.1, 0.15) is 12.4 Å². The zero-order valence-corrected chi connectivity index (χ0v) is 17.9. The number of hydrogen-bond donors (Lipinski definition) is 2. The third-order valence-corrected chi connectivity index (χ3v) is 4.59. The van der Waals surface area contributed by atoms with Crippen molar-refractivity contribution in [3.05, 3.63) is 53.8 Å². The number of fused-ring (bicyclic) bond motifs is 1. The van der Waals surface area contributed by atoms with Crippen molar-refractivity contribution in [3.63, 3.8) is 0 Å². The van der Waals surface area contributed by atoms with Gasteiger partial charge in [-0.2, -0.15) is 0 Å². The fourth-order valence-corrected chi connectivity index (χ4v) is 3.10. The number of methoxy groups -OCH3 is 1. The van der Waals surface area contributed by atoms with E-state index < -0.39 is 0 Å². The van der Waals surface area contributed by atoms with Crippen LogP contribution in [-0.2, 0) is 6.54 Å². The molecule has 1 heterocycles. The van der Waals surface area contributed by atoms with E-state index in [1.54, 1.807) is 19.2 Å². The summed E-state index contributed by atoms with van der Waals surface area (Å²) >= 11 is 0. The van der Waals surface area contributed by atoms with Crippen LogP contribution in [0.3, 0.4) is 0 Å². The second-order valence-corrected chi connectivity index (χ2v) is 6.78. The minimum atomic E-state index is -0.327. The number of rotatable bonds is 9. The van der Waals surface area contributed by atoms with Gasteiger partial charge in [-0.15, -0.1) is 6.42 Å². The fourth-order valence-electron chi connectivity index (χ4n) is 3.10. The number of terminal acetylenes is 1. The van der Waals surface area contributed by atoms with E-state index in [-0.39, 0.29) is 18.7 Å². The molecule has 1 aromatic heterocycles. The van der Waals surface area contributed by atoms with Gasteiger partial charge in [-0.3, -0.25) is 0 Å². The summed E-state index contributed by atoms with van der Waals surface area (Å²) in [6, 6.07) is 12.4. The van der Waals surface area contributed by atoms with Crippen LogP contribution in [0.15, 0.2) is 46.9 Å². The van der Waals surface area contributed by atoms with Crippen molar-refractivity contribution in [1.29, 1.82) is 0 Å². The topological polar surface area (TPSA) is 82.0 Å².